The third kappa shape index (κ3) is 2.86. The van der Waals surface area contributed by atoms with Crippen LogP contribution in [0.1, 0.15) is 19.2 Å². The minimum atomic E-state index is -0.484. The number of para-hydroxylation sites is 2. The number of nitrogens with zero attached hydrogens (tertiary/aromatic N) is 3. The first-order chi connectivity index (χ1) is 10.3. The first-order valence-corrected chi connectivity index (χ1v) is 7.08. The van der Waals surface area contributed by atoms with Crippen molar-refractivity contribution in [2.24, 2.45) is 0 Å². The van der Waals surface area contributed by atoms with E-state index in [9.17, 15) is 4.39 Å². The van der Waals surface area contributed by atoms with Gasteiger partial charge in [0.1, 0.15) is 11.6 Å². The number of rotatable bonds is 5. The predicted molar refractivity (Wildman–Crippen MR) is 81.5 cm³/mol. The molecule has 1 aromatic carbocycles. The van der Waals surface area contributed by atoms with Crippen molar-refractivity contribution in [1.29, 1.82) is 0 Å². The number of hydrogen-bond acceptors (Lipinski definition) is 3. The summed E-state index contributed by atoms with van der Waals surface area (Å²) in [5.41, 5.74) is 2.11. The zero-order valence-corrected chi connectivity index (χ0v) is 11.9. The van der Waals surface area contributed by atoms with E-state index >= 15 is 0 Å². The number of fused-ring (bicyclic) bond motifs is 1. The maximum Gasteiger partial charge on any atom is 0.214 e. The van der Waals surface area contributed by atoms with Crippen LogP contribution in [-0.4, -0.2) is 14.5 Å². The number of aromatic nitrogens is 3. The number of aryl methyl sites for hydroxylation is 1. The Bertz CT molecular complexity index is 751. The van der Waals surface area contributed by atoms with Crippen LogP contribution >= 0.6 is 0 Å². The van der Waals surface area contributed by atoms with Crippen LogP contribution in [0.2, 0.25) is 0 Å². The highest BCUT2D eigenvalue weighted by Crippen LogP contribution is 2.17. The van der Waals surface area contributed by atoms with Gasteiger partial charge in [0.15, 0.2) is 0 Å². The summed E-state index contributed by atoms with van der Waals surface area (Å²) < 4.78 is 15.3. The molecule has 0 amide bonds. The molecule has 0 atom stereocenters. The van der Waals surface area contributed by atoms with E-state index in [1.54, 1.807) is 12.1 Å². The van der Waals surface area contributed by atoms with Gasteiger partial charge in [0.25, 0.3) is 0 Å². The summed E-state index contributed by atoms with van der Waals surface area (Å²) >= 11 is 0. The lowest BCUT2D eigenvalue weighted by Gasteiger charge is -2.09. The van der Waals surface area contributed by atoms with Gasteiger partial charge >= 0.3 is 0 Å². The molecule has 0 aliphatic carbocycles. The summed E-state index contributed by atoms with van der Waals surface area (Å²) in [6.07, 6.45) is 1.03. The molecule has 21 heavy (non-hydrogen) atoms. The maximum atomic E-state index is 13.1. The molecule has 4 nitrogen and oxygen atoms in total. The fourth-order valence-electron chi connectivity index (χ4n) is 2.41. The van der Waals surface area contributed by atoms with E-state index in [0.717, 1.165) is 29.8 Å². The Morgan fingerprint density at radius 1 is 1.10 bits per heavy atom. The highest BCUT2D eigenvalue weighted by Gasteiger charge is 2.09. The number of benzene rings is 1. The SMILES string of the molecule is CCCn1c(CNc2cccc(F)n2)nc2ccccc21. The molecule has 3 rings (SSSR count). The van der Waals surface area contributed by atoms with E-state index < -0.39 is 5.95 Å². The maximum absolute atomic E-state index is 13.1. The minimum absolute atomic E-state index is 0.484. The zero-order chi connectivity index (χ0) is 14.7. The predicted octanol–water partition coefficient (Wildman–Crippen LogP) is 3.59. The molecule has 0 bridgehead atoms. The van der Waals surface area contributed by atoms with E-state index in [0.29, 0.717) is 12.4 Å². The molecular formula is C16H17FN4. The summed E-state index contributed by atoms with van der Waals surface area (Å²) in [4.78, 5) is 8.45. The molecular weight excluding hydrogens is 267 g/mol. The Morgan fingerprint density at radius 2 is 1.95 bits per heavy atom. The van der Waals surface area contributed by atoms with Crippen LogP contribution in [0.5, 0.6) is 0 Å². The highest BCUT2D eigenvalue weighted by molar-refractivity contribution is 5.75. The van der Waals surface area contributed by atoms with E-state index in [-0.39, 0.29) is 0 Å². The normalized spacial score (nSPS) is 11.0. The number of nitrogens with one attached hydrogen (secondary N) is 1. The van der Waals surface area contributed by atoms with Gasteiger partial charge in [-0.3, -0.25) is 0 Å². The molecule has 0 radical (unpaired) electrons. The lowest BCUT2D eigenvalue weighted by molar-refractivity contribution is 0.584. The first kappa shape index (κ1) is 13.5. The lowest BCUT2D eigenvalue weighted by Crippen LogP contribution is -2.09. The number of pyridine rings is 1. The Morgan fingerprint density at radius 3 is 2.76 bits per heavy atom. The number of imidazole rings is 1. The van der Waals surface area contributed by atoms with Crippen LogP contribution in [0.4, 0.5) is 10.2 Å². The van der Waals surface area contributed by atoms with Crippen LogP contribution in [0, 0.1) is 5.95 Å². The Labute approximate surface area is 122 Å². The summed E-state index contributed by atoms with van der Waals surface area (Å²) in [6, 6.07) is 12.8. The van der Waals surface area contributed by atoms with Gasteiger partial charge in [-0.05, 0) is 30.7 Å². The lowest BCUT2D eigenvalue weighted by atomic mass is 10.3. The molecule has 0 aliphatic rings. The zero-order valence-electron chi connectivity index (χ0n) is 11.9. The van der Waals surface area contributed by atoms with Crippen molar-refractivity contribution in [3.05, 3.63) is 54.2 Å². The average Bonchev–Trinajstić information content (AvgIpc) is 2.84. The van der Waals surface area contributed by atoms with Crippen molar-refractivity contribution < 1.29 is 4.39 Å². The summed E-state index contributed by atoms with van der Waals surface area (Å²) in [5, 5.41) is 3.13. The van der Waals surface area contributed by atoms with Crippen LogP contribution in [0.25, 0.3) is 11.0 Å². The second-order valence-electron chi connectivity index (χ2n) is 4.87. The standard InChI is InChI=1S/C16H17FN4/c1-2-10-21-13-7-4-3-6-12(13)19-16(21)11-18-15-9-5-8-14(17)20-15/h3-9H,2,10-11H2,1H3,(H,18,20). The quantitative estimate of drug-likeness (QED) is 0.728. The Kier molecular flexibility index (Phi) is 3.81. The summed E-state index contributed by atoms with van der Waals surface area (Å²) in [5.74, 6) is 0.969. The number of hydrogen-bond donors (Lipinski definition) is 1. The Balaban J connectivity index is 1.87. The second-order valence-corrected chi connectivity index (χ2v) is 4.87. The average molecular weight is 284 g/mol. The molecule has 0 saturated carbocycles. The summed E-state index contributed by atoms with van der Waals surface area (Å²) in [6.45, 7) is 3.57. The third-order valence-electron chi connectivity index (χ3n) is 3.32. The summed E-state index contributed by atoms with van der Waals surface area (Å²) in [7, 11) is 0. The molecule has 1 N–H and O–H groups in total. The van der Waals surface area contributed by atoms with E-state index in [1.165, 1.54) is 6.07 Å². The largest absolute Gasteiger partial charge is 0.363 e. The monoisotopic (exact) mass is 284 g/mol. The Hall–Kier alpha value is -2.43. The molecule has 0 fully saturated rings. The van der Waals surface area contributed by atoms with E-state index in [1.807, 2.05) is 18.2 Å². The molecule has 5 heteroatoms. The fourth-order valence-corrected chi connectivity index (χ4v) is 2.41. The molecule has 108 valence electrons. The van der Waals surface area contributed by atoms with Crippen molar-refractivity contribution in [1.82, 2.24) is 14.5 Å². The van der Waals surface area contributed by atoms with Gasteiger partial charge in [-0.2, -0.15) is 4.39 Å². The van der Waals surface area contributed by atoms with Crippen molar-refractivity contribution in [2.45, 2.75) is 26.4 Å². The van der Waals surface area contributed by atoms with Crippen molar-refractivity contribution in [2.75, 3.05) is 5.32 Å². The highest BCUT2D eigenvalue weighted by atomic mass is 19.1. The van der Waals surface area contributed by atoms with Gasteiger partial charge in [-0.1, -0.05) is 25.1 Å². The number of halogens is 1. The van der Waals surface area contributed by atoms with Gasteiger partial charge in [-0.25, -0.2) is 9.97 Å². The molecule has 0 saturated heterocycles. The van der Waals surface area contributed by atoms with Gasteiger partial charge in [-0.15, -0.1) is 0 Å². The minimum Gasteiger partial charge on any atom is -0.363 e. The van der Waals surface area contributed by atoms with Gasteiger partial charge in [0.2, 0.25) is 5.95 Å². The smallest absolute Gasteiger partial charge is 0.214 e. The van der Waals surface area contributed by atoms with Crippen molar-refractivity contribution in [3.8, 4) is 0 Å². The van der Waals surface area contributed by atoms with Gasteiger partial charge in [0, 0.05) is 6.54 Å². The molecule has 0 spiro atoms. The van der Waals surface area contributed by atoms with Crippen molar-refractivity contribution >= 4 is 16.9 Å². The van der Waals surface area contributed by atoms with Crippen LogP contribution in [0.15, 0.2) is 42.5 Å². The van der Waals surface area contributed by atoms with Crippen LogP contribution in [-0.2, 0) is 13.1 Å². The fraction of sp³-hybridized carbons (Fsp3) is 0.250. The van der Waals surface area contributed by atoms with Crippen LogP contribution in [0.3, 0.4) is 0 Å². The molecule has 2 heterocycles. The molecule has 0 aliphatic heterocycles. The van der Waals surface area contributed by atoms with Crippen LogP contribution < -0.4 is 5.32 Å². The molecule has 3 aromatic rings. The number of anilines is 1. The molecule has 2 aromatic heterocycles. The van der Waals surface area contributed by atoms with Crippen molar-refractivity contribution in [3.63, 3.8) is 0 Å². The van der Waals surface area contributed by atoms with E-state index in [2.05, 4.69) is 32.8 Å². The van der Waals surface area contributed by atoms with E-state index in [4.69, 9.17) is 0 Å². The third-order valence-corrected chi connectivity index (χ3v) is 3.32. The topological polar surface area (TPSA) is 42.7 Å². The second kappa shape index (κ2) is 5.91. The van der Waals surface area contributed by atoms with Gasteiger partial charge in [0.05, 0.1) is 17.6 Å². The van der Waals surface area contributed by atoms with Gasteiger partial charge < -0.3 is 9.88 Å². The first-order valence-electron chi connectivity index (χ1n) is 7.08. The molecule has 0 unspecified atom stereocenters.